The molecular weight excluding hydrogens is 214 g/mol. The molecule has 0 atom stereocenters. The highest BCUT2D eigenvalue weighted by atomic mass is 16.3. The molecule has 1 rings (SSSR count). The number of rotatable bonds is 8. The van der Waals surface area contributed by atoms with Gasteiger partial charge in [-0.1, -0.05) is 37.3 Å². The summed E-state index contributed by atoms with van der Waals surface area (Å²) in [6.07, 6.45) is 1.48. The van der Waals surface area contributed by atoms with Crippen molar-refractivity contribution in [3.05, 3.63) is 35.9 Å². The van der Waals surface area contributed by atoms with Crippen molar-refractivity contribution < 1.29 is 9.90 Å². The predicted octanol–water partition coefficient (Wildman–Crippen LogP) is 1.50. The smallest absolute Gasteiger partial charge is 0.151 e. The van der Waals surface area contributed by atoms with Crippen LogP contribution in [0.25, 0.3) is 0 Å². The third kappa shape index (κ3) is 5.61. The maximum absolute atomic E-state index is 11.8. The largest absolute Gasteiger partial charge is 0.395 e. The topological polar surface area (TPSA) is 40.5 Å². The zero-order valence-corrected chi connectivity index (χ0v) is 10.4. The molecule has 17 heavy (non-hydrogen) atoms. The third-order valence-electron chi connectivity index (χ3n) is 2.60. The highest BCUT2D eigenvalue weighted by Gasteiger charge is 2.09. The first-order chi connectivity index (χ1) is 8.26. The predicted molar refractivity (Wildman–Crippen MR) is 69.0 cm³/mol. The molecule has 0 amide bonds. The second-order valence-corrected chi connectivity index (χ2v) is 4.20. The van der Waals surface area contributed by atoms with Crippen LogP contribution in [0, 0.1) is 0 Å². The fourth-order valence-corrected chi connectivity index (χ4v) is 1.86. The number of ketones is 1. The summed E-state index contributed by atoms with van der Waals surface area (Å²) in [7, 11) is 0. The molecule has 0 spiro atoms. The van der Waals surface area contributed by atoms with E-state index in [1.54, 1.807) is 0 Å². The summed E-state index contributed by atoms with van der Waals surface area (Å²) in [4.78, 5) is 13.9. The van der Waals surface area contributed by atoms with Crippen molar-refractivity contribution in [3.8, 4) is 0 Å². The Labute approximate surface area is 103 Å². The summed E-state index contributed by atoms with van der Waals surface area (Å²) in [5.41, 5.74) is 1.05. The number of benzene rings is 1. The van der Waals surface area contributed by atoms with Crippen molar-refractivity contribution in [2.75, 3.05) is 26.2 Å². The lowest BCUT2D eigenvalue weighted by atomic mass is 10.1. The van der Waals surface area contributed by atoms with Crippen molar-refractivity contribution in [1.82, 2.24) is 4.90 Å². The van der Waals surface area contributed by atoms with Gasteiger partial charge in [-0.2, -0.15) is 0 Å². The minimum absolute atomic E-state index is 0.110. The minimum atomic E-state index is 0.110. The van der Waals surface area contributed by atoms with Crippen LogP contribution in [0.15, 0.2) is 30.3 Å². The molecule has 1 aromatic rings. The van der Waals surface area contributed by atoms with E-state index in [1.807, 2.05) is 35.2 Å². The van der Waals surface area contributed by atoms with Gasteiger partial charge in [0.05, 0.1) is 13.2 Å². The van der Waals surface area contributed by atoms with E-state index in [-0.39, 0.29) is 12.4 Å². The molecule has 0 unspecified atom stereocenters. The Morgan fingerprint density at radius 3 is 2.53 bits per heavy atom. The summed E-state index contributed by atoms with van der Waals surface area (Å²) in [5.74, 6) is 0.207. The quantitative estimate of drug-likeness (QED) is 0.742. The Bertz CT molecular complexity index is 318. The molecule has 94 valence electrons. The zero-order valence-electron chi connectivity index (χ0n) is 10.4. The highest BCUT2D eigenvalue weighted by molar-refractivity contribution is 5.82. The maximum atomic E-state index is 11.8. The van der Waals surface area contributed by atoms with Crippen LogP contribution in [0.2, 0.25) is 0 Å². The van der Waals surface area contributed by atoms with Gasteiger partial charge < -0.3 is 5.11 Å². The van der Waals surface area contributed by atoms with E-state index < -0.39 is 0 Å². The normalized spacial score (nSPS) is 10.8. The first-order valence-electron chi connectivity index (χ1n) is 6.15. The molecule has 0 saturated carbocycles. The van der Waals surface area contributed by atoms with Gasteiger partial charge in [-0.15, -0.1) is 0 Å². The van der Waals surface area contributed by atoms with Crippen LogP contribution in [-0.4, -0.2) is 42.0 Å². The summed E-state index contributed by atoms with van der Waals surface area (Å²) < 4.78 is 0. The van der Waals surface area contributed by atoms with E-state index in [0.717, 1.165) is 18.5 Å². The standard InChI is InChI=1S/C14H21NO2/c1-2-8-15(9-10-16)12-14(17)11-13-6-4-3-5-7-13/h3-7,16H,2,8-12H2,1H3. The van der Waals surface area contributed by atoms with Crippen LogP contribution in [0.4, 0.5) is 0 Å². The van der Waals surface area contributed by atoms with Gasteiger partial charge in [0, 0.05) is 13.0 Å². The second-order valence-electron chi connectivity index (χ2n) is 4.20. The second kappa shape index (κ2) is 7.98. The molecule has 3 heteroatoms. The number of aliphatic hydroxyl groups excluding tert-OH is 1. The zero-order chi connectivity index (χ0) is 12.5. The van der Waals surface area contributed by atoms with Gasteiger partial charge in [0.25, 0.3) is 0 Å². The molecule has 0 aromatic heterocycles. The molecule has 0 heterocycles. The van der Waals surface area contributed by atoms with Gasteiger partial charge in [0.2, 0.25) is 0 Å². The average Bonchev–Trinajstić information content (AvgIpc) is 2.30. The van der Waals surface area contributed by atoms with Crippen molar-refractivity contribution >= 4 is 5.78 Å². The number of hydrogen-bond donors (Lipinski definition) is 1. The molecule has 0 saturated heterocycles. The van der Waals surface area contributed by atoms with E-state index in [1.165, 1.54) is 0 Å². The van der Waals surface area contributed by atoms with Crippen molar-refractivity contribution in [1.29, 1.82) is 0 Å². The van der Waals surface area contributed by atoms with Crippen LogP contribution in [0.3, 0.4) is 0 Å². The van der Waals surface area contributed by atoms with Crippen LogP contribution >= 0.6 is 0 Å². The van der Waals surface area contributed by atoms with E-state index >= 15 is 0 Å². The Balaban J connectivity index is 2.42. The molecule has 0 aliphatic heterocycles. The average molecular weight is 235 g/mol. The third-order valence-corrected chi connectivity index (χ3v) is 2.60. The minimum Gasteiger partial charge on any atom is -0.395 e. The van der Waals surface area contributed by atoms with Crippen LogP contribution in [-0.2, 0) is 11.2 Å². The number of Topliss-reactive ketones (excluding diaryl/α,β-unsaturated/α-hetero) is 1. The first kappa shape index (κ1) is 13.9. The van der Waals surface area contributed by atoms with E-state index in [9.17, 15) is 4.79 Å². The number of hydrogen-bond acceptors (Lipinski definition) is 3. The lowest BCUT2D eigenvalue weighted by Crippen LogP contribution is -2.33. The molecule has 1 aromatic carbocycles. The molecular formula is C14H21NO2. The monoisotopic (exact) mass is 235 g/mol. The molecule has 0 aliphatic carbocycles. The fraction of sp³-hybridized carbons (Fsp3) is 0.500. The van der Waals surface area contributed by atoms with Gasteiger partial charge in [0.15, 0.2) is 5.78 Å². The molecule has 0 radical (unpaired) electrons. The molecule has 3 nitrogen and oxygen atoms in total. The summed E-state index contributed by atoms with van der Waals surface area (Å²) in [6.45, 7) is 4.06. The maximum Gasteiger partial charge on any atom is 0.151 e. The summed E-state index contributed by atoms with van der Waals surface area (Å²) in [5, 5.41) is 8.91. The lowest BCUT2D eigenvalue weighted by Gasteiger charge is -2.19. The van der Waals surface area contributed by atoms with Gasteiger partial charge in [-0.3, -0.25) is 9.69 Å². The van der Waals surface area contributed by atoms with Crippen LogP contribution < -0.4 is 0 Å². The first-order valence-corrected chi connectivity index (χ1v) is 6.15. The van der Waals surface area contributed by atoms with Crippen molar-refractivity contribution in [2.24, 2.45) is 0 Å². The molecule has 0 bridgehead atoms. The SMILES string of the molecule is CCCN(CCO)CC(=O)Cc1ccccc1. The Hall–Kier alpha value is -1.19. The number of aliphatic hydroxyl groups is 1. The Kier molecular flexibility index (Phi) is 6.51. The summed E-state index contributed by atoms with van der Waals surface area (Å²) >= 11 is 0. The molecule has 0 fully saturated rings. The van der Waals surface area contributed by atoms with Crippen molar-refractivity contribution in [3.63, 3.8) is 0 Å². The lowest BCUT2D eigenvalue weighted by molar-refractivity contribution is -0.119. The highest BCUT2D eigenvalue weighted by Crippen LogP contribution is 2.01. The number of carbonyl (C=O) groups excluding carboxylic acids is 1. The van der Waals surface area contributed by atoms with E-state index in [0.29, 0.717) is 19.5 Å². The Morgan fingerprint density at radius 1 is 1.24 bits per heavy atom. The summed E-state index contributed by atoms with van der Waals surface area (Å²) in [6, 6.07) is 9.77. The van der Waals surface area contributed by atoms with Crippen LogP contribution in [0.1, 0.15) is 18.9 Å². The van der Waals surface area contributed by atoms with Crippen LogP contribution in [0.5, 0.6) is 0 Å². The van der Waals surface area contributed by atoms with Gasteiger partial charge in [-0.05, 0) is 18.5 Å². The van der Waals surface area contributed by atoms with Gasteiger partial charge in [-0.25, -0.2) is 0 Å². The van der Waals surface area contributed by atoms with E-state index in [2.05, 4.69) is 6.92 Å². The van der Waals surface area contributed by atoms with Crippen molar-refractivity contribution in [2.45, 2.75) is 19.8 Å². The number of carbonyl (C=O) groups is 1. The van der Waals surface area contributed by atoms with E-state index in [4.69, 9.17) is 5.11 Å². The Morgan fingerprint density at radius 2 is 1.94 bits per heavy atom. The van der Waals surface area contributed by atoms with Gasteiger partial charge in [0.1, 0.15) is 0 Å². The van der Waals surface area contributed by atoms with Gasteiger partial charge >= 0.3 is 0 Å². The number of nitrogens with zero attached hydrogens (tertiary/aromatic N) is 1. The fourth-order valence-electron chi connectivity index (χ4n) is 1.86. The molecule has 1 N–H and O–H groups in total. The molecule has 0 aliphatic rings.